The Kier molecular flexibility index (Phi) is 4.80. The molecule has 1 aromatic heterocycles. The average molecular weight is 352 g/mol. The summed E-state index contributed by atoms with van der Waals surface area (Å²) in [4.78, 5) is 15.2. The highest BCUT2D eigenvalue weighted by molar-refractivity contribution is 9.10. The number of pyridine rings is 1. The molecule has 0 aliphatic carbocycles. The number of methoxy groups -OCH3 is 1. The van der Waals surface area contributed by atoms with E-state index in [0.717, 1.165) is 17.1 Å². The van der Waals surface area contributed by atoms with E-state index >= 15 is 0 Å². The normalized spacial score (nSPS) is 10.2. The van der Waals surface area contributed by atoms with Crippen LogP contribution < -0.4 is 9.47 Å². The van der Waals surface area contributed by atoms with Gasteiger partial charge in [-0.05, 0) is 41.1 Å². The number of nitrogens with zero attached hydrogens (tertiary/aromatic N) is 1. The zero-order valence-electron chi connectivity index (χ0n) is 11.6. The summed E-state index contributed by atoms with van der Waals surface area (Å²) in [7, 11) is 1.60. The average Bonchev–Trinajstić information content (AvgIpc) is 2.45. The van der Waals surface area contributed by atoms with Gasteiger partial charge in [-0.25, -0.2) is 4.79 Å². The van der Waals surface area contributed by atoms with Gasteiger partial charge in [0.15, 0.2) is 0 Å². The van der Waals surface area contributed by atoms with E-state index in [9.17, 15) is 4.79 Å². The van der Waals surface area contributed by atoms with E-state index in [1.165, 1.54) is 12.1 Å². The second-order valence-electron chi connectivity index (χ2n) is 4.38. The Morgan fingerprint density at radius 2 is 2.10 bits per heavy atom. The Morgan fingerprint density at radius 1 is 1.33 bits per heavy atom. The van der Waals surface area contributed by atoms with Crippen LogP contribution >= 0.6 is 15.9 Å². The van der Waals surface area contributed by atoms with E-state index in [2.05, 4.69) is 20.9 Å². The van der Waals surface area contributed by atoms with E-state index in [4.69, 9.17) is 14.6 Å². The molecule has 0 unspecified atom stereocenters. The van der Waals surface area contributed by atoms with E-state index in [-0.39, 0.29) is 12.2 Å². The molecule has 21 heavy (non-hydrogen) atoms. The Morgan fingerprint density at radius 3 is 2.71 bits per heavy atom. The molecule has 0 bridgehead atoms. The molecular weight excluding hydrogens is 338 g/mol. The molecule has 0 spiro atoms. The minimum Gasteiger partial charge on any atom is -0.497 e. The summed E-state index contributed by atoms with van der Waals surface area (Å²) in [5, 5.41) is 8.91. The van der Waals surface area contributed by atoms with E-state index in [0.29, 0.717) is 10.2 Å². The smallest absolute Gasteiger partial charge is 0.335 e. The number of carboxylic acids is 1. The predicted octanol–water partition coefficient (Wildman–Crippen LogP) is 3.44. The number of hydrogen-bond donors (Lipinski definition) is 1. The zero-order chi connectivity index (χ0) is 15.4. The lowest BCUT2D eigenvalue weighted by atomic mass is 10.2. The van der Waals surface area contributed by atoms with Crippen LogP contribution in [0.2, 0.25) is 0 Å². The lowest BCUT2D eigenvalue weighted by molar-refractivity contribution is 0.0696. The van der Waals surface area contributed by atoms with Gasteiger partial charge in [0.2, 0.25) is 0 Å². The summed E-state index contributed by atoms with van der Waals surface area (Å²) >= 11 is 3.30. The van der Waals surface area contributed by atoms with Crippen LogP contribution in [0.25, 0.3) is 0 Å². The highest BCUT2D eigenvalue weighted by Gasteiger charge is 2.08. The third-order valence-corrected chi connectivity index (χ3v) is 3.39. The molecule has 0 amide bonds. The molecule has 0 saturated carbocycles. The molecule has 5 nitrogen and oxygen atoms in total. The van der Waals surface area contributed by atoms with Gasteiger partial charge in [-0.1, -0.05) is 0 Å². The number of benzene rings is 1. The quantitative estimate of drug-likeness (QED) is 0.893. The molecule has 6 heteroatoms. The molecule has 2 aromatic rings. The summed E-state index contributed by atoms with van der Waals surface area (Å²) in [6, 6.07) is 8.24. The van der Waals surface area contributed by atoms with Crippen LogP contribution in [0, 0.1) is 6.92 Å². The molecule has 0 aliphatic rings. The first kappa shape index (κ1) is 15.3. The molecule has 1 heterocycles. The number of halogens is 1. The van der Waals surface area contributed by atoms with Crippen molar-refractivity contribution in [1.82, 2.24) is 4.98 Å². The minimum absolute atomic E-state index is 0.199. The van der Waals surface area contributed by atoms with Gasteiger partial charge < -0.3 is 14.6 Å². The number of hydrogen-bond acceptors (Lipinski definition) is 4. The molecule has 0 atom stereocenters. The fourth-order valence-corrected chi connectivity index (χ4v) is 2.29. The standard InChI is InChI=1S/C15H14BrNO4/c1-9-5-12(20-2)7-11(17-9)8-21-14-4-3-10(15(18)19)6-13(14)16/h3-7H,8H2,1-2H3,(H,18,19). The molecule has 2 rings (SSSR count). The van der Waals surface area contributed by atoms with Crippen molar-refractivity contribution in [2.24, 2.45) is 0 Å². The van der Waals surface area contributed by atoms with Gasteiger partial charge in [0, 0.05) is 17.8 Å². The topological polar surface area (TPSA) is 68.7 Å². The maximum Gasteiger partial charge on any atom is 0.335 e. The Hall–Kier alpha value is -2.08. The minimum atomic E-state index is -0.979. The van der Waals surface area contributed by atoms with Crippen LogP contribution in [-0.4, -0.2) is 23.2 Å². The second kappa shape index (κ2) is 6.58. The van der Waals surface area contributed by atoms with Crippen molar-refractivity contribution in [3.63, 3.8) is 0 Å². The number of aromatic carboxylic acids is 1. The number of carboxylic acid groups (broad SMARTS) is 1. The molecule has 110 valence electrons. The van der Waals surface area contributed by atoms with Gasteiger partial charge in [0.1, 0.15) is 18.1 Å². The van der Waals surface area contributed by atoms with Crippen molar-refractivity contribution in [1.29, 1.82) is 0 Å². The van der Waals surface area contributed by atoms with Crippen molar-refractivity contribution >= 4 is 21.9 Å². The summed E-state index contributed by atoms with van der Waals surface area (Å²) < 4.78 is 11.4. The Labute approximate surface area is 130 Å². The lowest BCUT2D eigenvalue weighted by Gasteiger charge is -2.10. The zero-order valence-corrected chi connectivity index (χ0v) is 13.2. The molecule has 0 saturated heterocycles. The maximum absolute atomic E-state index is 10.9. The van der Waals surface area contributed by atoms with Crippen LogP contribution in [0.3, 0.4) is 0 Å². The molecule has 0 fully saturated rings. The Bertz CT molecular complexity index is 673. The summed E-state index contributed by atoms with van der Waals surface area (Å²) in [6.07, 6.45) is 0. The highest BCUT2D eigenvalue weighted by atomic mass is 79.9. The first-order valence-corrected chi connectivity index (χ1v) is 6.96. The number of aromatic nitrogens is 1. The number of carbonyl (C=O) groups is 1. The van der Waals surface area contributed by atoms with Crippen LogP contribution in [0.1, 0.15) is 21.7 Å². The monoisotopic (exact) mass is 351 g/mol. The van der Waals surface area contributed by atoms with Crippen molar-refractivity contribution in [2.45, 2.75) is 13.5 Å². The SMILES string of the molecule is COc1cc(C)nc(COc2ccc(C(=O)O)cc2Br)c1. The van der Waals surface area contributed by atoms with Crippen molar-refractivity contribution in [3.05, 3.63) is 51.8 Å². The summed E-state index contributed by atoms with van der Waals surface area (Å²) in [6.45, 7) is 2.15. The van der Waals surface area contributed by atoms with Gasteiger partial charge >= 0.3 is 5.97 Å². The molecule has 0 radical (unpaired) electrons. The first-order valence-electron chi connectivity index (χ1n) is 6.17. The molecule has 0 aliphatic heterocycles. The van der Waals surface area contributed by atoms with E-state index in [1.807, 2.05) is 13.0 Å². The Balaban J connectivity index is 2.13. The van der Waals surface area contributed by atoms with Crippen LogP contribution in [0.5, 0.6) is 11.5 Å². The van der Waals surface area contributed by atoms with Crippen molar-refractivity contribution < 1.29 is 19.4 Å². The molecule has 1 N–H and O–H groups in total. The van der Waals surface area contributed by atoms with Crippen LogP contribution in [-0.2, 0) is 6.61 Å². The van der Waals surface area contributed by atoms with Crippen molar-refractivity contribution in [3.8, 4) is 11.5 Å². The number of ether oxygens (including phenoxy) is 2. The number of rotatable bonds is 5. The van der Waals surface area contributed by atoms with Gasteiger partial charge in [-0.15, -0.1) is 0 Å². The van der Waals surface area contributed by atoms with E-state index in [1.54, 1.807) is 19.2 Å². The van der Waals surface area contributed by atoms with Crippen molar-refractivity contribution in [2.75, 3.05) is 7.11 Å². The van der Waals surface area contributed by atoms with Gasteiger partial charge in [-0.3, -0.25) is 4.98 Å². The fourth-order valence-electron chi connectivity index (χ4n) is 1.80. The summed E-state index contributed by atoms with van der Waals surface area (Å²) in [5.41, 5.74) is 1.78. The van der Waals surface area contributed by atoms with Gasteiger partial charge in [0.25, 0.3) is 0 Å². The van der Waals surface area contributed by atoms with Gasteiger partial charge in [-0.2, -0.15) is 0 Å². The summed E-state index contributed by atoms with van der Waals surface area (Å²) in [5.74, 6) is 0.302. The molecular formula is C15H14BrNO4. The maximum atomic E-state index is 10.9. The second-order valence-corrected chi connectivity index (χ2v) is 5.23. The fraction of sp³-hybridized carbons (Fsp3) is 0.200. The largest absolute Gasteiger partial charge is 0.497 e. The molecule has 1 aromatic carbocycles. The highest BCUT2D eigenvalue weighted by Crippen LogP contribution is 2.27. The van der Waals surface area contributed by atoms with Crippen LogP contribution in [0.15, 0.2) is 34.8 Å². The third-order valence-electron chi connectivity index (χ3n) is 2.77. The van der Waals surface area contributed by atoms with Gasteiger partial charge in [0.05, 0.1) is 22.8 Å². The predicted molar refractivity (Wildman–Crippen MR) is 81.0 cm³/mol. The first-order chi connectivity index (χ1) is 9.99. The van der Waals surface area contributed by atoms with Crippen LogP contribution in [0.4, 0.5) is 0 Å². The third kappa shape index (κ3) is 3.95. The number of aryl methyl sites for hydroxylation is 1. The van der Waals surface area contributed by atoms with E-state index < -0.39 is 5.97 Å². The lowest BCUT2D eigenvalue weighted by Crippen LogP contribution is -2.02.